The molecule has 0 unspecified atom stereocenters. The van der Waals surface area contributed by atoms with Crippen LogP contribution in [0.1, 0.15) is 10.4 Å². The summed E-state index contributed by atoms with van der Waals surface area (Å²) in [5.41, 5.74) is 0.394. The molecule has 1 aromatic rings. The topological polar surface area (TPSA) is 50.3 Å². The number of ketones is 1. The first kappa shape index (κ1) is 6.97. The molecule has 0 N–H and O–H groups in total. The fourth-order valence-electron chi connectivity index (χ4n) is 1.21. The first-order valence-corrected chi connectivity index (χ1v) is 3.49. The van der Waals surface area contributed by atoms with Crippen LogP contribution in [0.2, 0.25) is 0 Å². The Balaban J connectivity index is 2.67. The van der Waals surface area contributed by atoms with Crippen molar-refractivity contribution in [2.24, 2.45) is 0 Å². The van der Waals surface area contributed by atoms with E-state index in [1.54, 1.807) is 25.4 Å². The summed E-state index contributed by atoms with van der Waals surface area (Å²) in [6, 6.07) is 3.25. The van der Waals surface area contributed by atoms with Gasteiger partial charge in [-0.25, -0.2) is 4.98 Å². The third kappa shape index (κ3) is 0.689. The van der Waals surface area contributed by atoms with Crippen molar-refractivity contribution in [2.75, 3.05) is 11.9 Å². The van der Waals surface area contributed by atoms with Crippen LogP contribution in [0.3, 0.4) is 0 Å². The van der Waals surface area contributed by atoms with E-state index in [0.717, 1.165) is 0 Å². The van der Waals surface area contributed by atoms with Gasteiger partial charge in [-0.3, -0.25) is 14.5 Å². The summed E-state index contributed by atoms with van der Waals surface area (Å²) in [5, 5.41) is 0. The van der Waals surface area contributed by atoms with Crippen molar-refractivity contribution in [3.05, 3.63) is 23.9 Å². The Morgan fingerprint density at radius 2 is 2.17 bits per heavy atom. The quantitative estimate of drug-likeness (QED) is 0.513. The molecule has 2 heterocycles. The number of hydrogen-bond acceptors (Lipinski definition) is 3. The third-order valence-corrected chi connectivity index (χ3v) is 1.85. The summed E-state index contributed by atoms with van der Waals surface area (Å²) >= 11 is 0. The Bertz CT molecular complexity index is 373. The van der Waals surface area contributed by atoms with Crippen molar-refractivity contribution in [3.63, 3.8) is 0 Å². The van der Waals surface area contributed by atoms with Gasteiger partial charge in [0.25, 0.3) is 11.7 Å². The predicted molar refractivity (Wildman–Crippen MR) is 42.0 cm³/mol. The van der Waals surface area contributed by atoms with Crippen LogP contribution in [0, 0.1) is 0 Å². The molecule has 1 aliphatic rings. The van der Waals surface area contributed by atoms with Crippen molar-refractivity contribution >= 4 is 17.5 Å². The van der Waals surface area contributed by atoms with Gasteiger partial charge in [0.1, 0.15) is 5.82 Å². The average molecular weight is 162 g/mol. The molecule has 0 fully saturated rings. The smallest absolute Gasteiger partial charge is 0.292 e. The fraction of sp³-hybridized carbons (Fsp3) is 0.125. The number of Topliss-reactive ketones (excluding diaryl/α,β-unsaturated/α-hetero) is 1. The summed E-state index contributed by atoms with van der Waals surface area (Å²) in [6.45, 7) is 0. The van der Waals surface area contributed by atoms with E-state index in [1.807, 2.05) is 0 Å². The van der Waals surface area contributed by atoms with Gasteiger partial charge in [-0.1, -0.05) is 0 Å². The van der Waals surface area contributed by atoms with Gasteiger partial charge in [0, 0.05) is 13.2 Å². The number of nitrogens with zero attached hydrogens (tertiary/aromatic N) is 2. The molecule has 60 valence electrons. The Hall–Kier alpha value is -1.71. The lowest BCUT2D eigenvalue weighted by Gasteiger charge is -2.05. The van der Waals surface area contributed by atoms with Crippen LogP contribution in [-0.2, 0) is 4.79 Å². The second-order valence-electron chi connectivity index (χ2n) is 2.57. The number of aromatic nitrogens is 1. The molecule has 1 aliphatic heterocycles. The molecule has 1 aromatic heterocycles. The lowest BCUT2D eigenvalue weighted by Crippen LogP contribution is -2.25. The Labute approximate surface area is 68.8 Å². The molecule has 0 radical (unpaired) electrons. The van der Waals surface area contributed by atoms with E-state index in [-0.39, 0.29) is 0 Å². The van der Waals surface area contributed by atoms with Crippen LogP contribution in [0.25, 0.3) is 0 Å². The van der Waals surface area contributed by atoms with Crippen LogP contribution >= 0.6 is 0 Å². The number of amides is 1. The molecule has 0 aliphatic carbocycles. The molecule has 0 bridgehead atoms. The van der Waals surface area contributed by atoms with Crippen LogP contribution in [0.5, 0.6) is 0 Å². The Morgan fingerprint density at radius 3 is 2.83 bits per heavy atom. The largest absolute Gasteiger partial charge is 0.300 e. The minimum absolute atomic E-state index is 0.394. The number of carbonyl (C=O) groups excluding carboxylic acids is 2. The van der Waals surface area contributed by atoms with E-state index in [9.17, 15) is 9.59 Å². The monoisotopic (exact) mass is 162 g/mol. The molecule has 0 spiro atoms. The molecule has 1 amide bonds. The molecular weight excluding hydrogens is 156 g/mol. The molecule has 0 atom stereocenters. The van der Waals surface area contributed by atoms with E-state index < -0.39 is 11.7 Å². The lowest BCUT2D eigenvalue weighted by atomic mass is 10.2. The molecule has 0 saturated carbocycles. The normalized spacial score (nSPS) is 15.2. The van der Waals surface area contributed by atoms with E-state index >= 15 is 0 Å². The maximum absolute atomic E-state index is 11.2. The van der Waals surface area contributed by atoms with E-state index in [0.29, 0.717) is 11.4 Å². The van der Waals surface area contributed by atoms with Crippen molar-refractivity contribution < 1.29 is 9.59 Å². The maximum Gasteiger partial charge on any atom is 0.300 e. The zero-order valence-electron chi connectivity index (χ0n) is 6.44. The van der Waals surface area contributed by atoms with Gasteiger partial charge in [-0.2, -0.15) is 0 Å². The molecule has 4 heteroatoms. The zero-order valence-corrected chi connectivity index (χ0v) is 6.44. The summed E-state index contributed by atoms with van der Waals surface area (Å²) in [5.74, 6) is -0.531. The minimum Gasteiger partial charge on any atom is -0.292 e. The van der Waals surface area contributed by atoms with Crippen molar-refractivity contribution in [1.82, 2.24) is 4.98 Å². The number of pyridine rings is 1. The molecule has 4 nitrogen and oxygen atoms in total. The van der Waals surface area contributed by atoms with Gasteiger partial charge in [0.15, 0.2) is 0 Å². The number of anilines is 1. The van der Waals surface area contributed by atoms with Gasteiger partial charge in [0.2, 0.25) is 0 Å². The Kier molecular flexibility index (Phi) is 1.24. The zero-order chi connectivity index (χ0) is 8.72. The highest BCUT2D eigenvalue weighted by molar-refractivity contribution is 6.51. The molecule has 0 saturated heterocycles. The second kappa shape index (κ2) is 2.14. The summed E-state index contributed by atoms with van der Waals surface area (Å²) in [7, 11) is 1.54. The van der Waals surface area contributed by atoms with E-state index in [4.69, 9.17) is 0 Å². The van der Waals surface area contributed by atoms with Gasteiger partial charge < -0.3 is 0 Å². The van der Waals surface area contributed by atoms with Crippen molar-refractivity contribution in [1.29, 1.82) is 0 Å². The highest BCUT2D eigenvalue weighted by Crippen LogP contribution is 2.23. The number of carbonyl (C=O) groups is 2. The second-order valence-corrected chi connectivity index (χ2v) is 2.57. The Morgan fingerprint density at radius 1 is 1.42 bits per heavy atom. The maximum atomic E-state index is 11.2. The molecular formula is C8H6N2O2. The van der Waals surface area contributed by atoms with Gasteiger partial charge >= 0.3 is 0 Å². The molecule has 0 aromatic carbocycles. The van der Waals surface area contributed by atoms with Gasteiger partial charge in [-0.15, -0.1) is 0 Å². The number of rotatable bonds is 0. The first-order valence-electron chi connectivity index (χ1n) is 3.49. The molecule has 2 rings (SSSR count). The number of hydrogen-bond donors (Lipinski definition) is 0. The van der Waals surface area contributed by atoms with Crippen molar-refractivity contribution in [3.8, 4) is 0 Å². The number of likely N-dealkylation sites (N-methyl/N-ethyl adjacent to an activating group) is 1. The summed E-state index contributed by atoms with van der Waals surface area (Å²) in [6.07, 6.45) is 1.56. The summed E-state index contributed by atoms with van der Waals surface area (Å²) < 4.78 is 0. The van der Waals surface area contributed by atoms with Crippen molar-refractivity contribution in [2.45, 2.75) is 0 Å². The van der Waals surface area contributed by atoms with E-state index in [1.165, 1.54) is 4.90 Å². The predicted octanol–water partition coefficient (Wildman–Crippen LogP) is 0.241. The van der Waals surface area contributed by atoms with Crippen LogP contribution in [0.15, 0.2) is 18.3 Å². The average Bonchev–Trinajstić information content (AvgIpc) is 2.33. The van der Waals surface area contributed by atoms with E-state index in [2.05, 4.69) is 4.98 Å². The number of fused-ring (bicyclic) bond motifs is 1. The minimum atomic E-state index is -0.510. The molecule has 12 heavy (non-hydrogen) atoms. The van der Waals surface area contributed by atoms with Gasteiger partial charge in [0.05, 0.1) is 5.56 Å². The standard InChI is InChI=1S/C8H6N2O2/c1-10-7-5(3-2-4-9-7)6(11)8(10)12/h2-4H,1H3. The third-order valence-electron chi connectivity index (χ3n) is 1.85. The van der Waals surface area contributed by atoms with Gasteiger partial charge in [-0.05, 0) is 12.1 Å². The highest BCUT2D eigenvalue weighted by atomic mass is 16.2. The van der Waals surface area contributed by atoms with Crippen LogP contribution in [-0.4, -0.2) is 23.7 Å². The SMILES string of the molecule is CN1C(=O)C(=O)c2cccnc21. The first-order chi connectivity index (χ1) is 5.72. The van der Waals surface area contributed by atoms with Crippen LogP contribution in [0.4, 0.5) is 5.82 Å². The highest BCUT2D eigenvalue weighted by Gasteiger charge is 2.33. The fourth-order valence-corrected chi connectivity index (χ4v) is 1.21. The summed E-state index contributed by atoms with van der Waals surface area (Å²) in [4.78, 5) is 27.5. The van der Waals surface area contributed by atoms with Crippen LogP contribution < -0.4 is 4.90 Å². The lowest BCUT2D eigenvalue weighted by molar-refractivity contribution is -0.114.